The zero-order valence-electron chi connectivity index (χ0n) is 12.4. The molecule has 1 aromatic heterocycles. The van der Waals surface area contributed by atoms with Gasteiger partial charge in [-0.2, -0.15) is 11.3 Å². The summed E-state index contributed by atoms with van der Waals surface area (Å²) in [6.07, 6.45) is 5.19. The highest BCUT2D eigenvalue weighted by atomic mass is 32.1. The molecule has 0 saturated heterocycles. The molecule has 2 heterocycles. The average molecular weight is 311 g/mol. The third-order valence-corrected chi connectivity index (χ3v) is 4.44. The SMILES string of the molecule is O=C(NC1=[C]CCN(CCc2ccccc2)C1)c1ccsc1. The molecule has 0 unspecified atom stereocenters. The summed E-state index contributed by atoms with van der Waals surface area (Å²) in [6, 6.07) is 12.4. The maximum atomic E-state index is 12.1. The number of benzene rings is 1. The molecule has 1 amide bonds. The van der Waals surface area contributed by atoms with Gasteiger partial charge < -0.3 is 5.32 Å². The zero-order chi connectivity index (χ0) is 15.2. The first kappa shape index (κ1) is 15.0. The quantitative estimate of drug-likeness (QED) is 0.920. The Labute approximate surface area is 135 Å². The van der Waals surface area contributed by atoms with Gasteiger partial charge in [-0.25, -0.2) is 0 Å². The zero-order valence-corrected chi connectivity index (χ0v) is 13.2. The van der Waals surface area contributed by atoms with Crippen molar-refractivity contribution in [1.82, 2.24) is 10.2 Å². The number of nitrogens with one attached hydrogen (secondary N) is 1. The van der Waals surface area contributed by atoms with Crippen LogP contribution in [0.25, 0.3) is 0 Å². The van der Waals surface area contributed by atoms with Crippen LogP contribution in [-0.4, -0.2) is 30.4 Å². The Morgan fingerprint density at radius 2 is 2.14 bits per heavy atom. The number of amides is 1. The average Bonchev–Trinajstić information content (AvgIpc) is 3.09. The minimum Gasteiger partial charge on any atom is -0.324 e. The van der Waals surface area contributed by atoms with E-state index in [1.807, 2.05) is 22.9 Å². The topological polar surface area (TPSA) is 32.3 Å². The second kappa shape index (κ2) is 7.38. The molecule has 0 saturated carbocycles. The van der Waals surface area contributed by atoms with Crippen LogP contribution in [-0.2, 0) is 6.42 Å². The molecule has 0 spiro atoms. The summed E-state index contributed by atoms with van der Waals surface area (Å²) < 4.78 is 0. The van der Waals surface area contributed by atoms with Gasteiger partial charge in [0.15, 0.2) is 0 Å². The third-order valence-electron chi connectivity index (χ3n) is 3.76. The standard InChI is InChI=1S/C18H19N2OS/c21-18(16-9-12-22-14-16)19-17-7-4-10-20(13-17)11-8-15-5-2-1-3-6-15/h1-3,5-6,9,12,14H,4,8,10-11,13H2,(H,19,21). The van der Waals surface area contributed by atoms with Crippen molar-refractivity contribution < 1.29 is 4.79 Å². The predicted molar refractivity (Wildman–Crippen MR) is 89.7 cm³/mol. The van der Waals surface area contributed by atoms with Crippen LogP contribution in [0.1, 0.15) is 22.3 Å². The molecule has 113 valence electrons. The van der Waals surface area contributed by atoms with Crippen LogP contribution in [0.3, 0.4) is 0 Å². The van der Waals surface area contributed by atoms with Gasteiger partial charge >= 0.3 is 0 Å². The number of nitrogens with zero attached hydrogens (tertiary/aromatic N) is 1. The van der Waals surface area contributed by atoms with Crippen molar-refractivity contribution in [2.75, 3.05) is 19.6 Å². The molecule has 0 bridgehead atoms. The number of carbonyl (C=O) groups excluding carboxylic acids is 1. The first-order valence-electron chi connectivity index (χ1n) is 7.51. The van der Waals surface area contributed by atoms with Crippen LogP contribution in [0.4, 0.5) is 0 Å². The summed E-state index contributed by atoms with van der Waals surface area (Å²) in [7, 11) is 0. The highest BCUT2D eigenvalue weighted by Crippen LogP contribution is 2.11. The lowest BCUT2D eigenvalue weighted by Gasteiger charge is -2.27. The van der Waals surface area contributed by atoms with E-state index in [9.17, 15) is 4.79 Å². The predicted octanol–water partition coefficient (Wildman–Crippen LogP) is 3.11. The summed E-state index contributed by atoms with van der Waals surface area (Å²) >= 11 is 1.54. The van der Waals surface area contributed by atoms with E-state index in [1.54, 1.807) is 0 Å². The lowest BCUT2D eigenvalue weighted by Crippen LogP contribution is -2.37. The number of rotatable bonds is 5. The van der Waals surface area contributed by atoms with Gasteiger partial charge in [-0.3, -0.25) is 9.69 Å². The fourth-order valence-corrected chi connectivity index (χ4v) is 3.17. The molecule has 3 nitrogen and oxygen atoms in total. The monoisotopic (exact) mass is 311 g/mol. The first-order chi connectivity index (χ1) is 10.8. The molecule has 3 rings (SSSR count). The molecular formula is C18H19N2OS. The summed E-state index contributed by atoms with van der Waals surface area (Å²) in [4.78, 5) is 14.4. The number of thiophene rings is 1. The van der Waals surface area contributed by atoms with Crippen LogP contribution in [0, 0.1) is 6.08 Å². The molecule has 1 aromatic carbocycles. The van der Waals surface area contributed by atoms with E-state index in [1.165, 1.54) is 16.9 Å². The van der Waals surface area contributed by atoms with Crippen LogP contribution in [0.15, 0.2) is 52.9 Å². The third kappa shape index (κ3) is 4.06. The smallest absolute Gasteiger partial charge is 0.256 e. The minimum atomic E-state index is -0.0336. The van der Waals surface area contributed by atoms with Gasteiger partial charge in [0.05, 0.1) is 5.56 Å². The summed E-state index contributed by atoms with van der Waals surface area (Å²) in [5.41, 5.74) is 2.97. The highest BCUT2D eigenvalue weighted by Gasteiger charge is 2.15. The fourth-order valence-electron chi connectivity index (χ4n) is 2.53. The van der Waals surface area contributed by atoms with Crippen molar-refractivity contribution in [3.8, 4) is 0 Å². The van der Waals surface area contributed by atoms with Crippen LogP contribution in [0.5, 0.6) is 0 Å². The van der Waals surface area contributed by atoms with Gasteiger partial charge in [-0.1, -0.05) is 30.3 Å². The molecule has 4 heteroatoms. The molecule has 0 aliphatic carbocycles. The summed E-state index contributed by atoms with van der Waals surface area (Å²) in [6.45, 7) is 2.77. The van der Waals surface area contributed by atoms with Crippen molar-refractivity contribution in [3.05, 3.63) is 70.1 Å². The van der Waals surface area contributed by atoms with E-state index in [-0.39, 0.29) is 5.91 Å². The fraction of sp³-hybridized carbons (Fsp3) is 0.278. The van der Waals surface area contributed by atoms with E-state index < -0.39 is 0 Å². The van der Waals surface area contributed by atoms with Crippen molar-refractivity contribution >= 4 is 17.2 Å². The largest absolute Gasteiger partial charge is 0.324 e. The second-order valence-corrected chi connectivity index (χ2v) is 6.16. The Bertz CT molecular complexity index is 634. The van der Waals surface area contributed by atoms with E-state index in [2.05, 4.69) is 40.6 Å². The Morgan fingerprint density at radius 3 is 2.91 bits per heavy atom. The van der Waals surface area contributed by atoms with Crippen LogP contribution in [0.2, 0.25) is 0 Å². The van der Waals surface area contributed by atoms with E-state index in [4.69, 9.17) is 0 Å². The molecule has 1 N–H and O–H groups in total. The molecule has 0 fully saturated rings. The van der Waals surface area contributed by atoms with E-state index in [0.29, 0.717) is 0 Å². The normalized spacial score (nSPS) is 15.4. The van der Waals surface area contributed by atoms with Crippen molar-refractivity contribution in [1.29, 1.82) is 0 Å². The Balaban J connectivity index is 1.51. The molecule has 0 atom stereocenters. The van der Waals surface area contributed by atoms with Gasteiger partial charge in [-0.05, 0) is 35.9 Å². The maximum Gasteiger partial charge on any atom is 0.256 e. The van der Waals surface area contributed by atoms with Crippen LogP contribution >= 0.6 is 11.3 Å². The Kier molecular flexibility index (Phi) is 5.03. The lowest BCUT2D eigenvalue weighted by molar-refractivity contribution is 0.0960. The van der Waals surface area contributed by atoms with Crippen molar-refractivity contribution in [2.24, 2.45) is 0 Å². The highest BCUT2D eigenvalue weighted by molar-refractivity contribution is 7.08. The van der Waals surface area contributed by atoms with E-state index in [0.717, 1.165) is 43.7 Å². The molecule has 1 aliphatic rings. The molecule has 1 radical (unpaired) electrons. The Morgan fingerprint density at radius 1 is 1.27 bits per heavy atom. The number of hydrogen-bond donors (Lipinski definition) is 1. The summed E-state index contributed by atoms with van der Waals surface area (Å²) in [5.74, 6) is -0.0336. The van der Waals surface area contributed by atoms with Crippen molar-refractivity contribution in [3.63, 3.8) is 0 Å². The molecule has 22 heavy (non-hydrogen) atoms. The lowest BCUT2D eigenvalue weighted by atomic mass is 10.1. The molecule has 1 aliphatic heterocycles. The maximum absolute atomic E-state index is 12.1. The number of hydrogen-bond acceptors (Lipinski definition) is 3. The Hall–Kier alpha value is -1.91. The first-order valence-corrected chi connectivity index (χ1v) is 8.45. The van der Waals surface area contributed by atoms with Gasteiger partial charge in [0.2, 0.25) is 0 Å². The number of carbonyl (C=O) groups is 1. The van der Waals surface area contributed by atoms with Gasteiger partial charge in [0, 0.05) is 30.7 Å². The summed E-state index contributed by atoms with van der Waals surface area (Å²) in [5, 5.41) is 6.76. The van der Waals surface area contributed by atoms with Gasteiger partial charge in [-0.15, -0.1) is 0 Å². The van der Waals surface area contributed by atoms with Crippen molar-refractivity contribution in [2.45, 2.75) is 12.8 Å². The minimum absolute atomic E-state index is 0.0336. The van der Waals surface area contributed by atoms with Gasteiger partial charge in [0.1, 0.15) is 0 Å². The van der Waals surface area contributed by atoms with Gasteiger partial charge in [0.25, 0.3) is 5.91 Å². The van der Waals surface area contributed by atoms with Crippen LogP contribution < -0.4 is 5.32 Å². The van der Waals surface area contributed by atoms with E-state index >= 15 is 0 Å². The molecular weight excluding hydrogens is 292 g/mol. The second-order valence-electron chi connectivity index (χ2n) is 5.38. The molecule has 2 aromatic rings.